The molecule has 0 atom stereocenters. The van der Waals surface area contributed by atoms with Gasteiger partial charge in [-0.05, 0) is 88.0 Å². The van der Waals surface area contributed by atoms with E-state index in [2.05, 4.69) is 177 Å². The van der Waals surface area contributed by atoms with Crippen molar-refractivity contribution in [3.8, 4) is 22.3 Å². The third-order valence-electron chi connectivity index (χ3n) is 11.9. The van der Waals surface area contributed by atoms with Crippen LogP contribution in [0.3, 0.4) is 0 Å². The van der Waals surface area contributed by atoms with Crippen LogP contribution in [0.15, 0.2) is 148 Å². The number of furan rings is 2. The summed E-state index contributed by atoms with van der Waals surface area (Å²) in [5.41, 5.74) is 19.4. The van der Waals surface area contributed by atoms with Gasteiger partial charge in [0.05, 0.1) is 11.2 Å². The Balaban J connectivity index is 1.27. The maximum absolute atomic E-state index is 6.75. The van der Waals surface area contributed by atoms with Crippen LogP contribution in [0.25, 0.3) is 77.2 Å². The van der Waals surface area contributed by atoms with Crippen molar-refractivity contribution < 1.29 is 8.83 Å². The Bertz CT molecular complexity index is 3230. The molecule has 10 aromatic rings. The summed E-state index contributed by atoms with van der Waals surface area (Å²) in [7, 11) is 0. The monoisotopic (exact) mass is 694 g/mol. The number of anilines is 3. The van der Waals surface area contributed by atoms with Gasteiger partial charge in [0.25, 0.3) is 0 Å². The Hall–Kier alpha value is -6.46. The molecule has 0 amide bonds. The number of hydrogen-bond acceptors (Lipinski definition) is 3. The number of aryl methyl sites for hydroxylation is 1. The lowest BCUT2D eigenvalue weighted by molar-refractivity contribution is 0.590. The zero-order chi connectivity index (χ0) is 36.0. The van der Waals surface area contributed by atoms with Crippen molar-refractivity contribution in [1.82, 2.24) is 4.48 Å². The Morgan fingerprint density at radius 3 is 2.07 bits per heavy atom. The van der Waals surface area contributed by atoms with Crippen LogP contribution in [0.2, 0.25) is 0 Å². The number of rotatable bonds is 2. The topological polar surface area (TPSA) is 34.5 Å². The van der Waals surface area contributed by atoms with Crippen LogP contribution in [-0.2, 0) is 5.41 Å². The van der Waals surface area contributed by atoms with Crippen LogP contribution in [0.1, 0.15) is 31.9 Å². The molecule has 0 saturated heterocycles. The molecule has 0 N–H and O–H groups in total. The van der Waals surface area contributed by atoms with Crippen molar-refractivity contribution >= 4 is 89.7 Å². The van der Waals surface area contributed by atoms with Crippen molar-refractivity contribution in [3.05, 3.63) is 151 Å². The van der Waals surface area contributed by atoms with Gasteiger partial charge in [0.2, 0.25) is 0 Å². The van der Waals surface area contributed by atoms with E-state index in [1.807, 2.05) is 0 Å². The minimum Gasteiger partial charge on any atom is -0.456 e. The van der Waals surface area contributed by atoms with E-state index < -0.39 is 0 Å². The number of fused-ring (bicyclic) bond motifs is 12. The average molecular weight is 695 g/mol. The smallest absolute Gasteiger partial charge is 0.333 e. The number of hydrogen-bond donors (Lipinski definition) is 0. The first-order valence-electron chi connectivity index (χ1n) is 18.9. The second kappa shape index (κ2) is 10.4. The molecule has 2 aliphatic rings. The normalized spacial score (nSPS) is 13.5. The van der Waals surface area contributed by atoms with Crippen molar-refractivity contribution in [2.45, 2.75) is 33.1 Å². The molecule has 54 heavy (non-hydrogen) atoms. The fourth-order valence-electron chi connectivity index (χ4n) is 9.55. The fraction of sp³-hybridized carbons (Fsp3) is 0.102. The van der Waals surface area contributed by atoms with E-state index in [0.29, 0.717) is 0 Å². The molecule has 3 aromatic heterocycles. The molecule has 0 radical (unpaired) electrons. The van der Waals surface area contributed by atoms with Crippen LogP contribution in [0, 0.1) is 6.92 Å². The molecule has 0 saturated carbocycles. The summed E-state index contributed by atoms with van der Waals surface area (Å²) in [6.07, 6.45) is 0. The molecule has 0 aliphatic carbocycles. The molecule has 256 valence electrons. The van der Waals surface area contributed by atoms with Gasteiger partial charge in [-0.1, -0.05) is 112 Å². The van der Waals surface area contributed by atoms with Gasteiger partial charge in [-0.2, -0.15) is 0 Å². The Morgan fingerprint density at radius 1 is 0.519 bits per heavy atom. The standard InChI is InChI=1S/C49H35BN2O2/c1-28-23-37-32-17-12-18-34-46(32)52(47-33-16-9-11-20-43(33)54-48(34)47)50-38-26-36-31-15-8-10-19-42(31)53-44(36)27-40(38)51(41(24-28)45(37)50)39-22-21-30(49(2,3)4)25-35(39)29-13-6-5-7-14-29/h5-27H,1-4H3. The van der Waals surface area contributed by atoms with E-state index in [1.54, 1.807) is 0 Å². The van der Waals surface area contributed by atoms with E-state index in [-0.39, 0.29) is 12.3 Å². The van der Waals surface area contributed by atoms with Crippen LogP contribution in [0.4, 0.5) is 17.1 Å². The minimum atomic E-state index is -0.107. The summed E-state index contributed by atoms with van der Waals surface area (Å²) in [6.45, 7) is 9.01. The summed E-state index contributed by atoms with van der Waals surface area (Å²) in [5, 5.41) is 4.54. The van der Waals surface area contributed by atoms with Crippen molar-refractivity contribution in [1.29, 1.82) is 0 Å². The van der Waals surface area contributed by atoms with Gasteiger partial charge >= 0.3 is 6.85 Å². The van der Waals surface area contributed by atoms with Crippen molar-refractivity contribution in [3.63, 3.8) is 0 Å². The van der Waals surface area contributed by atoms with Crippen LogP contribution in [0.5, 0.6) is 0 Å². The van der Waals surface area contributed by atoms with Gasteiger partial charge in [0, 0.05) is 55.6 Å². The van der Waals surface area contributed by atoms with Gasteiger partial charge < -0.3 is 18.2 Å². The van der Waals surface area contributed by atoms with E-state index in [4.69, 9.17) is 8.83 Å². The van der Waals surface area contributed by atoms with Crippen LogP contribution in [-0.4, -0.2) is 11.3 Å². The maximum Gasteiger partial charge on any atom is 0.333 e. The molecule has 0 spiro atoms. The highest BCUT2D eigenvalue weighted by atomic mass is 16.3. The SMILES string of the molecule is Cc1cc2c3c(c1)N(c1ccc(C(C)(C)C)cc1-c1ccccc1)c1cc4oc5ccccc5c4cc1B3n1c3c-2cccc3c2oc3ccccc3c21. The highest BCUT2D eigenvalue weighted by Crippen LogP contribution is 2.50. The lowest BCUT2D eigenvalue weighted by Gasteiger charge is -2.41. The van der Waals surface area contributed by atoms with E-state index in [9.17, 15) is 0 Å². The highest BCUT2D eigenvalue weighted by Gasteiger charge is 2.44. The van der Waals surface area contributed by atoms with Gasteiger partial charge in [-0.25, -0.2) is 0 Å². The Labute approximate surface area is 312 Å². The molecule has 0 bridgehead atoms. The molecular weight excluding hydrogens is 659 g/mol. The average Bonchev–Trinajstić information content (AvgIpc) is 3.85. The molecule has 12 rings (SSSR count). The van der Waals surface area contributed by atoms with Crippen LogP contribution >= 0.6 is 0 Å². The zero-order valence-corrected chi connectivity index (χ0v) is 30.6. The number of para-hydroxylation sites is 3. The van der Waals surface area contributed by atoms with Crippen molar-refractivity contribution in [2.24, 2.45) is 0 Å². The number of aromatic nitrogens is 1. The summed E-state index contributed by atoms with van der Waals surface area (Å²) in [5.74, 6) is 0. The van der Waals surface area contributed by atoms with Gasteiger partial charge in [-0.15, -0.1) is 0 Å². The quantitative estimate of drug-likeness (QED) is 0.169. The predicted molar refractivity (Wildman–Crippen MR) is 226 cm³/mol. The molecule has 5 heterocycles. The first-order chi connectivity index (χ1) is 26.3. The second-order valence-corrected chi connectivity index (χ2v) is 16.2. The molecule has 7 aromatic carbocycles. The molecule has 5 heteroatoms. The van der Waals surface area contributed by atoms with E-state index >= 15 is 0 Å². The minimum absolute atomic E-state index is 0.0157. The summed E-state index contributed by atoms with van der Waals surface area (Å²) in [6, 6.07) is 51.1. The summed E-state index contributed by atoms with van der Waals surface area (Å²) < 4.78 is 16.0. The van der Waals surface area contributed by atoms with Gasteiger partial charge in [-0.3, -0.25) is 0 Å². The first kappa shape index (κ1) is 30.1. The maximum atomic E-state index is 6.75. The summed E-state index contributed by atoms with van der Waals surface area (Å²) >= 11 is 0. The first-order valence-corrected chi connectivity index (χ1v) is 18.9. The van der Waals surface area contributed by atoms with E-state index in [0.717, 1.165) is 60.8 Å². The number of nitrogens with zero attached hydrogens (tertiary/aromatic N) is 2. The molecule has 2 aliphatic heterocycles. The van der Waals surface area contributed by atoms with Gasteiger partial charge in [0.15, 0.2) is 5.58 Å². The van der Waals surface area contributed by atoms with Crippen LogP contribution < -0.4 is 15.8 Å². The zero-order valence-electron chi connectivity index (χ0n) is 30.6. The largest absolute Gasteiger partial charge is 0.456 e. The molecule has 4 nitrogen and oxygen atoms in total. The number of benzene rings is 7. The van der Waals surface area contributed by atoms with Gasteiger partial charge in [0.1, 0.15) is 16.7 Å². The molecule has 0 fully saturated rings. The Kier molecular flexibility index (Phi) is 5.76. The third-order valence-corrected chi connectivity index (χ3v) is 11.9. The Morgan fingerprint density at radius 2 is 1.26 bits per heavy atom. The summed E-state index contributed by atoms with van der Waals surface area (Å²) in [4.78, 5) is 2.53. The lowest BCUT2D eigenvalue weighted by atomic mass is 9.45. The van der Waals surface area contributed by atoms with Crippen molar-refractivity contribution in [2.75, 3.05) is 4.90 Å². The fourth-order valence-corrected chi connectivity index (χ4v) is 9.55. The molecule has 0 unspecified atom stereocenters. The highest BCUT2D eigenvalue weighted by molar-refractivity contribution is 6.90. The second-order valence-electron chi connectivity index (χ2n) is 16.2. The third kappa shape index (κ3) is 3.88. The van der Waals surface area contributed by atoms with E-state index in [1.165, 1.54) is 55.5 Å². The molecular formula is C49H35BN2O2. The predicted octanol–water partition coefficient (Wildman–Crippen LogP) is 12.1. The lowest BCUT2D eigenvalue weighted by Crippen LogP contribution is -2.56.